The maximum Gasteiger partial charge on any atom is 0.707 e. The van der Waals surface area contributed by atoms with Crippen LogP contribution in [0.1, 0.15) is 31.4 Å². The van der Waals surface area contributed by atoms with Gasteiger partial charge in [0.25, 0.3) is 10.0 Å². The fraction of sp³-hybridized carbons (Fsp3) is 0.364. The highest BCUT2D eigenvalue weighted by molar-refractivity contribution is 7.90. The van der Waals surface area contributed by atoms with Crippen LogP contribution in [0.5, 0.6) is 17.2 Å². The lowest BCUT2D eigenvalue weighted by Gasteiger charge is -2.21. The Hall–Kier alpha value is -3.13. The third-order valence-electron chi connectivity index (χ3n) is 4.80. The molecule has 0 atom stereocenters. The Kier molecular flexibility index (Phi) is 8.73. The molecule has 13 heteroatoms. The van der Waals surface area contributed by atoms with Crippen LogP contribution < -0.4 is 14.1 Å². The lowest BCUT2D eigenvalue weighted by Crippen LogP contribution is -2.29. The van der Waals surface area contributed by atoms with Crippen molar-refractivity contribution in [3.8, 4) is 17.2 Å². The average Bonchev–Trinajstić information content (AvgIpc) is 3.07. The number of hydrogen-bond donors (Lipinski definition) is 3. The second-order valence-electron chi connectivity index (χ2n) is 8.05. The molecule has 2 aromatic rings. The molecule has 1 aliphatic heterocycles. The van der Waals surface area contributed by atoms with Gasteiger partial charge in [0.15, 0.2) is 11.6 Å². The lowest BCUT2D eigenvalue weighted by molar-refractivity contribution is 0.233. The maximum absolute atomic E-state index is 12.7. The van der Waals surface area contributed by atoms with Crippen molar-refractivity contribution in [3.63, 3.8) is 0 Å². The molecule has 0 spiro atoms. The first-order valence-corrected chi connectivity index (χ1v) is 12.3. The van der Waals surface area contributed by atoms with Crippen molar-refractivity contribution >= 4 is 29.4 Å². The van der Waals surface area contributed by atoms with Crippen LogP contribution in [-0.2, 0) is 10.0 Å². The van der Waals surface area contributed by atoms with Gasteiger partial charge in [-0.2, -0.15) is 13.5 Å². The van der Waals surface area contributed by atoms with Crippen LogP contribution in [0.25, 0.3) is 0 Å². The van der Waals surface area contributed by atoms with Crippen LogP contribution in [0.15, 0.2) is 50.8 Å². The van der Waals surface area contributed by atoms with Crippen molar-refractivity contribution in [2.24, 2.45) is 15.4 Å². The average molecular weight is 505 g/mol. The first-order valence-electron chi connectivity index (χ1n) is 10.9. The van der Waals surface area contributed by atoms with Crippen LogP contribution >= 0.6 is 0 Å². The molecule has 1 heterocycles. The van der Waals surface area contributed by atoms with E-state index >= 15 is 0 Å². The summed E-state index contributed by atoms with van der Waals surface area (Å²) in [5.74, 6) is 1.15. The summed E-state index contributed by atoms with van der Waals surface area (Å²) in [7, 11) is -4.48. The van der Waals surface area contributed by atoms with Gasteiger partial charge in [0.05, 0.1) is 19.9 Å². The van der Waals surface area contributed by atoms with Gasteiger partial charge in [-0.25, -0.2) is 5.01 Å². The predicted octanol–water partition coefficient (Wildman–Crippen LogP) is 1.25. The lowest BCUT2D eigenvalue weighted by atomic mass is 10.1. The maximum atomic E-state index is 12.7. The van der Waals surface area contributed by atoms with E-state index in [0.717, 1.165) is 0 Å². The van der Waals surface area contributed by atoms with Gasteiger partial charge in [-0.15, -0.1) is 4.40 Å². The number of fused-ring (bicyclic) bond motifs is 1. The number of sulfonamides is 1. The van der Waals surface area contributed by atoms with Crippen LogP contribution in [0.4, 0.5) is 0 Å². The normalized spacial score (nSPS) is 14.1. The molecule has 0 radical (unpaired) electrons. The number of nitrogens with zero attached hydrogens (tertiary/aromatic N) is 3. The van der Waals surface area contributed by atoms with E-state index in [1.54, 1.807) is 24.3 Å². The van der Waals surface area contributed by atoms with E-state index in [2.05, 4.69) is 9.50 Å². The Morgan fingerprint density at radius 3 is 2.60 bits per heavy atom. The molecule has 11 nitrogen and oxygen atoms in total. The molecule has 3 rings (SSSR count). The first-order chi connectivity index (χ1) is 16.6. The Labute approximate surface area is 204 Å². The number of aliphatic hydroxyl groups excluding tert-OH is 1. The number of amidine groups is 1. The smallest absolute Gasteiger partial charge is 0.509 e. The van der Waals surface area contributed by atoms with E-state index in [0.29, 0.717) is 29.8 Å². The number of hydrogen-bond acceptors (Lipinski definition) is 10. The summed E-state index contributed by atoms with van der Waals surface area (Å²) in [4.78, 5) is 0.0664. The Balaban J connectivity index is 1.94. The molecule has 0 aromatic heterocycles. The fourth-order valence-corrected chi connectivity index (χ4v) is 4.48. The minimum absolute atomic E-state index is 0.0125. The molecule has 0 saturated carbocycles. The van der Waals surface area contributed by atoms with Gasteiger partial charge in [-0.3, -0.25) is 0 Å². The van der Waals surface area contributed by atoms with Gasteiger partial charge in [-0.05, 0) is 47.9 Å². The SMILES string of the molecule is COc1cc(/C=N/N(CC(C)C)C2=NS(=O)(=O)c3ccc(OCCCO)cc32)ccc1OB(O)O. The summed E-state index contributed by atoms with van der Waals surface area (Å²) < 4.78 is 45.1. The summed E-state index contributed by atoms with van der Waals surface area (Å²) >= 11 is 0. The molecule has 35 heavy (non-hydrogen) atoms. The van der Waals surface area contributed by atoms with Crippen molar-refractivity contribution in [1.82, 2.24) is 5.01 Å². The standard InChI is InChI=1S/C22H28BN3O8S/c1-15(2)14-26(24-13-16-5-7-19(34-23(28)29)20(11-16)32-3)22-18-12-17(33-10-4-9-27)6-8-21(18)35(30,31)25-22/h5-8,11-13,15,27-29H,4,9-10,14H2,1-3H3/b24-13+. The van der Waals surface area contributed by atoms with Gasteiger partial charge in [-0.1, -0.05) is 13.8 Å². The molecule has 0 unspecified atom stereocenters. The zero-order valence-corrected chi connectivity index (χ0v) is 20.5. The number of methoxy groups -OCH3 is 1. The molecule has 188 valence electrons. The first kappa shape index (κ1) is 26.5. The monoisotopic (exact) mass is 505 g/mol. The molecule has 0 aliphatic carbocycles. The number of ether oxygens (including phenoxy) is 2. The van der Waals surface area contributed by atoms with Crippen LogP contribution in [0, 0.1) is 5.92 Å². The molecule has 3 N–H and O–H groups in total. The summed E-state index contributed by atoms with van der Waals surface area (Å²) in [6.45, 7) is 4.60. The van der Waals surface area contributed by atoms with Gasteiger partial charge < -0.3 is 29.3 Å². The van der Waals surface area contributed by atoms with Gasteiger partial charge >= 0.3 is 7.32 Å². The van der Waals surface area contributed by atoms with Crippen molar-refractivity contribution in [1.29, 1.82) is 0 Å². The summed E-state index contributed by atoms with van der Waals surface area (Å²) in [6, 6.07) is 9.32. The van der Waals surface area contributed by atoms with Crippen LogP contribution in [0.3, 0.4) is 0 Å². The second kappa shape index (κ2) is 11.5. The number of rotatable bonds is 11. The zero-order chi connectivity index (χ0) is 25.6. The molecule has 1 aliphatic rings. The largest absolute Gasteiger partial charge is 0.707 e. The second-order valence-corrected chi connectivity index (χ2v) is 9.62. The van der Waals surface area contributed by atoms with E-state index in [1.165, 1.54) is 30.5 Å². The quantitative estimate of drug-likeness (QED) is 0.177. The van der Waals surface area contributed by atoms with Crippen molar-refractivity contribution in [2.75, 3.05) is 26.9 Å². The minimum Gasteiger partial charge on any atom is -0.509 e. The van der Waals surface area contributed by atoms with Crippen molar-refractivity contribution < 1.29 is 37.7 Å². The molecule has 0 fully saturated rings. The van der Waals surface area contributed by atoms with Gasteiger partial charge in [0.1, 0.15) is 16.4 Å². The highest BCUT2D eigenvalue weighted by atomic mass is 32.2. The molecule has 0 amide bonds. The topological polar surface area (TPSA) is 150 Å². The summed E-state index contributed by atoms with van der Waals surface area (Å²) in [5, 5.41) is 33.1. The third kappa shape index (κ3) is 6.72. The summed E-state index contributed by atoms with van der Waals surface area (Å²) in [6.07, 6.45) is 1.96. The fourth-order valence-electron chi connectivity index (χ4n) is 3.30. The van der Waals surface area contributed by atoms with Crippen molar-refractivity contribution in [3.05, 3.63) is 47.5 Å². The minimum atomic E-state index is -3.90. The van der Waals surface area contributed by atoms with E-state index in [9.17, 15) is 8.42 Å². The molecule has 0 saturated heterocycles. The molecular formula is C22H28BN3O8S. The Morgan fingerprint density at radius 2 is 1.94 bits per heavy atom. The summed E-state index contributed by atoms with van der Waals surface area (Å²) in [5.41, 5.74) is 0.973. The van der Waals surface area contributed by atoms with E-state index in [-0.39, 0.29) is 41.4 Å². The van der Waals surface area contributed by atoms with E-state index in [1.807, 2.05) is 13.8 Å². The molecular weight excluding hydrogens is 477 g/mol. The number of aliphatic hydroxyl groups is 1. The van der Waals surface area contributed by atoms with E-state index in [4.69, 9.17) is 29.3 Å². The van der Waals surface area contributed by atoms with Crippen molar-refractivity contribution in [2.45, 2.75) is 25.2 Å². The molecule has 2 aromatic carbocycles. The zero-order valence-electron chi connectivity index (χ0n) is 19.7. The van der Waals surface area contributed by atoms with E-state index < -0.39 is 17.3 Å². The third-order valence-corrected chi connectivity index (χ3v) is 6.12. The van der Waals surface area contributed by atoms with Gasteiger partial charge in [0, 0.05) is 25.1 Å². The van der Waals surface area contributed by atoms with Gasteiger partial charge in [0.2, 0.25) is 0 Å². The van der Waals surface area contributed by atoms with Crippen LogP contribution in [0.2, 0.25) is 0 Å². The highest BCUT2D eigenvalue weighted by Crippen LogP contribution is 2.32. The van der Waals surface area contributed by atoms with Crippen LogP contribution in [-0.4, -0.2) is 74.8 Å². The predicted molar refractivity (Wildman–Crippen MR) is 130 cm³/mol. The molecule has 0 bridgehead atoms. The highest BCUT2D eigenvalue weighted by Gasteiger charge is 2.33. The Bertz CT molecular complexity index is 1200. The number of hydrazone groups is 1. The Morgan fingerprint density at radius 1 is 1.17 bits per heavy atom. The number of benzene rings is 2.